The smallest absolute Gasteiger partial charge is 0.337 e. The van der Waals surface area contributed by atoms with Gasteiger partial charge in [0.2, 0.25) is 0 Å². The monoisotopic (exact) mass is 376 g/mol. The first kappa shape index (κ1) is 19.1. The lowest BCUT2D eigenvalue weighted by atomic mass is 10.0. The predicted molar refractivity (Wildman–Crippen MR) is 107 cm³/mol. The van der Waals surface area contributed by atoms with Gasteiger partial charge in [-0.1, -0.05) is 18.2 Å². The molecule has 0 aliphatic heterocycles. The van der Waals surface area contributed by atoms with Crippen molar-refractivity contribution in [2.75, 3.05) is 21.3 Å². The first-order valence-electron chi connectivity index (χ1n) is 8.57. The summed E-state index contributed by atoms with van der Waals surface area (Å²) >= 11 is 0. The highest BCUT2D eigenvalue weighted by Crippen LogP contribution is 2.35. The van der Waals surface area contributed by atoms with Gasteiger partial charge in [0, 0.05) is 17.7 Å². The van der Waals surface area contributed by atoms with Crippen molar-refractivity contribution < 1.29 is 19.0 Å². The van der Waals surface area contributed by atoms with Crippen molar-refractivity contribution in [1.29, 1.82) is 0 Å². The highest BCUT2D eigenvalue weighted by molar-refractivity contribution is 5.90. The fourth-order valence-corrected chi connectivity index (χ4v) is 2.65. The Balaban J connectivity index is 1.98. The van der Waals surface area contributed by atoms with E-state index in [-0.39, 0.29) is 5.97 Å². The Kier molecular flexibility index (Phi) is 6.01. The van der Waals surface area contributed by atoms with Gasteiger partial charge in [0.1, 0.15) is 11.5 Å². The van der Waals surface area contributed by atoms with Gasteiger partial charge in [-0.05, 0) is 42.0 Å². The molecule has 0 aromatic heterocycles. The number of esters is 1. The van der Waals surface area contributed by atoms with Crippen molar-refractivity contribution in [2.45, 2.75) is 0 Å². The molecule has 3 aromatic rings. The molecule has 0 N–H and O–H groups in total. The molecule has 0 radical (unpaired) electrons. The van der Waals surface area contributed by atoms with Crippen LogP contribution in [0.2, 0.25) is 0 Å². The molecular weight excluding hydrogens is 356 g/mol. The van der Waals surface area contributed by atoms with E-state index < -0.39 is 0 Å². The SMILES string of the molecule is COC(=O)c1ccc(-c2ccc(OC)cc2/N=N/c2cccc(OC)c2)cc1. The average molecular weight is 376 g/mol. The summed E-state index contributed by atoms with van der Waals surface area (Å²) in [7, 11) is 4.56. The molecular formula is C22H20N2O4. The summed E-state index contributed by atoms with van der Waals surface area (Å²) < 4.78 is 15.3. The summed E-state index contributed by atoms with van der Waals surface area (Å²) in [5.41, 5.74) is 3.57. The molecule has 0 fully saturated rings. The van der Waals surface area contributed by atoms with Gasteiger partial charge in [-0.3, -0.25) is 0 Å². The third-order valence-electron chi connectivity index (χ3n) is 4.15. The molecule has 6 nitrogen and oxygen atoms in total. The Labute approximate surface area is 163 Å². The fraction of sp³-hybridized carbons (Fsp3) is 0.136. The molecule has 0 aliphatic rings. The Morgan fingerprint density at radius 3 is 2.18 bits per heavy atom. The van der Waals surface area contributed by atoms with Crippen LogP contribution in [-0.4, -0.2) is 27.3 Å². The van der Waals surface area contributed by atoms with E-state index in [4.69, 9.17) is 14.2 Å². The third kappa shape index (κ3) is 4.35. The molecule has 3 rings (SSSR count). The van der Waals surface area contributed by atoms with Gasteiger partial charge in [0.25, 0.3) is 0 Å². The second-order valence-electron chi connectivity index (χ2n) is 5.85. The average Bonchev–Trinajstić information content (AvgIpc) is 2.77. The van der Waals surface area contributed by atoms with Gasteiger partial charge in [-0.25, -0.2) is 4.79 Å². The molecule has 28 heavy (non-hydrogen) atoms. The minimum atomic E-state index is -0.376. The number of azo groups is 1. The number of nitrogens with zero attached hydrogens (tertiary/aromatic N) is 2. The minimum absolute atomic E-state index is 0.376. The van der Waals surface area contributed by atoms with Gasteiger partial charge < -0.3 is 14.2 Å². The Bertz CT molecular complexity index is 998. The molecule has 0 saturated carbocycles. The van der Waals surface area contributed by atoms with Crippen LogP contribution in [0.25, 0.3) is 11.1 Å². The largest absolute Gasteiger partial charge is 0.497 e. The van der Waals surface area contributed by atoms with E-state index in [1.54, 1.807) is 32.4 Å². The summed E-state index contributed by atoms with van der Waals surface area (Å²) in [6.45, 7) is 0. The highest BCUT2D eigenvalue weighted by atomic mass is 16.5. The zero-order valence-corrected chi connectivity index (χ0v) is 15.9. The van der Waals surface area contributed by atoms with Crippen LogP contribution in [-0.2, 0) is 4.74 Å². The number of rotatable bonds is 6. The maximum absolute atomic E-state index is 11.6. The van der Waals surface area contributed by atoms with Crippen LogP contribution >= 0.6 is 0 Å². The number of hydrogen-bond donors (Lipinski definition) is 0. The first-order chi connectivity index (χ1) is 13.6. The minimum Gasteiger partial charge on any atom is -0.497 e. The van der Waals surface area contributed by atoms with Gasteiger partial charge in [-0.15, -0.1) is 5.11 Å². The van der Waals surface area contributed by atoms with E-state index in [0.29, 0.717) is 28.4 Å². The number of carbonyl (C=O) groups is 1. The van der Waals surface area contributed by atoms with Crippen LogP contribution < -0.4 is 9.47 Å². The van der Waals surface area contributed by atoms with E-state index >= 15 is 0 Å². The maximum atomic E-state index is 11.6. The topological polar surface area (TPSA) is 69.5 Å². The summed E-state index contributed by atoms with van der Waals surface area (Å²) in [6.07, 6.45) is 0. The van der Waals surface area contributed by atoms with Crippen LogP contribution in [0.1, 0.15) is 10.4 Å². The zero-order valence-electron chi connectivity index (χ0n) is 15.9. The molecule has 0 spiro atoms. The first-order valence-corrected chi connectivity index (χ1v) is 8.57. The van der Waals surface area contributed by atoms with Crippen molar-refractivity contribution in [3.63, 3.8) is 0 Å². The molecule has 0 heterocycles. The maximum Gasteiger partial charge on any atom is 0.337 e. The third-order valence-corrected chi connectivity index (χ3v) is 4.15. The summed E-state index contributed by atoms with van der Waals surface area (Å²) in [5, 5.41) is 8.73. The molecule has 0 atom stereocenters. The summed E-state index contributed by atoms with van der Waals surface area (Å²) in [5.74, 6) is 1.01. The molecule has 0 bridgehead atoms. The van der Waals surface area contributed by atoms with Crippen molar-refractivity contribution in [3.05, 3.63) is 72.3 Å². The molecule has 142 valence electrons. The van der Waals surface area contributed by atoms with Gasteiger partial charge in [0.15, 0.2) is 0 Å². The quantitative estimate of drug-likeness (QED) is 0.416. The number of methoxy groups -OCH3 is 3. The van der Waals surface area contributed by atoms with Crippen molar-refractivity contribution in [3.8, 4) is 22.6 Å². The number of ether oxygens (including phenoxy) is 3. The van der Waals surface area contributed by atoms with Crippen LogP contribution in [0.4, 0.5) is 11.4 Å². The normalized spacial score (nSPS) is 10.7. The Hall–Kier alpha value is -3.67. The standard InChI is InChI=1S/C22H20N2O4/c1-26-18-6-4-5-17(13-18)23-24-21-14-19(27-2)11-12-20(21)15-7-9-16(10-8-15)22(25)28-3/h4-14H,1-3H3/b24-23+. The van der Waals surface area contributed by atoms with Crippen molar-refractivity contribution in [2.24, 2.45) is 10.2 Å². The number of carbonyl (C=O) groups excluding carboxylic acids is 1. The molecule has 0 aliphatic carbocycles. The fourth-order valence-electron chi connectivity index (χ4n) is 2.65. The lowest BCUT2D eigenvalue weighted by molar-refractivity contribution is 0.0601. The van der Waals surface area contributed by atoms with Crippen molar-refractivity contribution >= 4 is 17.3 Å². The lowest BCUT2D eigenvalue weighted by Gasteiger charge is -2.09. The molecule has 0 amide bonds. The van der Waals surface area contributed by atoms with E-state index in [0.717, 1.165) is 11.1 Å². The molecule has 3 aromatic carbocycles. The van der Waals surface area contributed by atoms with Crippen LogP contribution in [0.15, 0.2) is 77.0 Å². The zero-order chi connectivity index (χ0) is 19.9. The Morgan fingerprint density at radius 2 is 1.50 bits per heavy atom. The second-order valence-corrected chi connectivity index (χ2v) is 5.85. The highest BCUT2D eigenvalue weighted by Gasteiger charge is 2.10. The molecule has 0 saturated heterocycles. The molecule has 0 unspecified atom stereocenters. The van der Waals surface area contributed by atoms with Crippen LogP contribution in [0.5, 0.6) is 11.5 Å². The van der Waals surface area contributed by atoms with Crippen molar-refractivity contribution in [1.82, 2.24) is 0 Å². The van der Waals surface area contributed by atoms with Crippen LogP contribution in [0, 0.1) is 0 Å². The van der Waals surface area contributed by atoms with Gasteiger partial charge in [0.05, 0.1) is 38.3 Å². The van der Waals surface area contributed by atoms with Crippen LogP contribution in [0.3, 0.4) is 0 Å². The second kappa shape index (κ2) is 8.81. The number of benzene rings is 3. The lowest BCUT2D eigenvalue weighted by Crippen LogP contribution is -2.00. The van der Waals surface area contributed by atoms with E-state index in [1.807, 2.05) is 48.5 Å². The Morgan fingerprint density at radius 1 is 0.786 bits per heavy atom. The van der Waals surface area contributed by atoms with E-state index in [9.17, 15) is 4.79 Å². The molecule has 6 heteroatoms. The summed E-state index contributed by atoms with van der Waals surface area (Å²) in [4.78, 5) is 11.6. The van der Waals surface area contributed by atoms with Gasteiger partial charge >= 0.3 is 5.97 Å². The van der Waals surface area contributed by atoms with E-state index in [2.05, 4.69) is 10.2 Å². The van der Waals surface area contributed by atoms with E-state index in [1.165, 1.54) is 7.11 Å². The summed E-state index contributed by atoms with van der Waals surface area (Å²) in [6, 6.07) is 20.0. The predicted octanol–water partition coefficient (Wildman–Crippen LogP) is 5.57. The number of hydrogen-bond acceptors (Lipinski definition) is 6. The van der Waals surface area contributed by atoms with Gasteiger partial charge in [-0.2, -0.15) is 5.11 Å².